The van der Waals surface area contributed by atoms with Gasteiger partial charge >= 0.3 is 5.97 Å². The van der Waals surface area contributed by atoms with Crippen molar-refractivity contribution in [3.05, 3.63) is 77.0 Å². The Labute approximate surface area is 185 Å². The average molecular weight is 455 g/mol. The smallest absolute Gasteiger partial charge is 0.338 e. The third-order valence-corrected chi connectivity index (χ3v) is 6.57. The van der Waals surface area contributed by atoms with Gasteiger partial charge in [0.05, 0.1) is 23.5 Å². The minimum Gasteiger partial charge on any atom is -0.466 e. The first-order chi connectivity index (χ1) is 15.2. The minimum absolute atomic E-state index is 0.0591. The van der Waals surface area contributed by atoms with E-state index in [0.717, 1.165) is 0 Å². The Bertz CT molecular complexity index is 1250. The molecule has 4 N–H and O–H groups in total. The molecular weight excluding hydrogens is 432 g/mol. The number of primary sulfonamides is 1. The first-order valence-electron chi connectivity index (χ1n) is 9.91. The molecular formula is C22H22N4O5S. The van der Waals surface area contributed by atoms with E-state index in [4.69, 9.17) is 15.6 Å². The van der Waals surface area contributed by atoms with Gasteiger partial charge in [-0.25, -0.2) is 18.4 Å². The van der Waals surface area contributed by atoms with E-state index < -0.39 is 21.9 Å². The fourth-order valence-corrected chi connectivity index (χ4v) is 4.77. The van der Waals surface area contributed by atoms with Gasteiger partial charge in [0.15, 0.2) is 5.78 Å². The Morgan fingerprint density at radius 2 is 1.91 bits per heavy atom. The molecule has 1 aromatic carbocycles. The summed E-state index contributed by atoms with van der Waals surface area (Å²) in [4.78, 5) is 31.7. The third-order valence-electron chi connectivity index (χ3n) is 5.64. The van der Waals surface area contributed by atoms with Gasteiger partial charge in [-0.15, -0.1) is 0 Å². The quantitative estimate of drug-likeness (QED) is 0.664. The van der Waals surface area contributed by atoms with Gasteiger partial charge < -0.3 is 10.5 Å². The summed E-state index contributed by atoms with van der Waals surface area (Å²) in [7, 11) is -2.63. The van der Waals surface area contributed by atoms with E-state index in [1.165, 1.54) is 31.4 Å². The zero-order valence-electron chi connectivity index (χ0n) is 17.3. The Morgan fingerprint density at radius 1 is 1.19 bits per heavy atom. The highest BCUT2D eigenvalue weighted by Gasteiger charge is 2.43. The number of pyridine rings is 1. The second-order valence-corrected chi connectivity index (χ2v) is 9.08. The van der Waals surface area contributed by atoms with Gasteiger partial charge in [0, 0.05) is 35.8 Å². The highest BCUT2D eigenvalue weighted by Crippen LogP contribution is 2.46. The standard InChI is InChI=1S/C22H22N4O5S/c1-31-22(28)20-18(13-4-3-11-25-12-13)19-16(5-2-6-17(19)27)26(21(20)23)14-7-9-15(10-8-14)32(24,29)30/h3-4,7-12,18H,2,5-6,23H2,1H3,(H2,24,29,30)/t18-/m1/s1. The summed E-state index contributed by atoms with van der Waals surface area (Å²) in [6.45, 7) is 0. The predicted molar refractivity (Wildman–Crippen MR) is 116 cm³/mol. The number of rotatable bonds is 4. The Hall–Kier alpha value is -3.50. The molecule has 0 fully saturated rings. The molecule has 2 heterocycles. The lowest BCUT2D eigenvalue weighted by molar-refractivity contribution is -0.136. The molecule has 32 heavy (non-hydrogen) atoms. The van der Waals surface area contributed by atoms with Crippen LogP contribution in [-0.4, -0.2) is 32.3 Å². The molecule has 4 rings (SSSR count). The van der Waals surface area contributed by atoms with E-state index >= 15 is 0 Å². The lowest BCUT2D eigenvalue weighted by atomic mass is 9.75. The van der Waals surface area contributed by atoms with E-state index in [1.807, 2.05) is 0 Å². The van der Waals surface area contributed by atoms with Crippen LogP contribution in [-0.2, 0) is 24.3 Å². The van der Waals surface area contributed by atoms with Crippen LogP contribution in [0.25, 0.3) is 0 Å². The maximum atomic E-state index is 13.1. The number of aromatic nitrogens is 1. The zero-order valence-corrected chi connectivity index (χ0v) is 18.1. The molecule has 1 aliphatic heterocycles. The van der Waals surface area contributed by atoms with Gasteiger partial charge in [0.1, 0.15) is 5.82 Å². The molecule has 0 radical (unpaired) electrons. The number of allylic oxidation sites excluding steroid dienone is 2. The number of hydrogen-bond donors (Lipinski definition) is 2. The van der Waals surface area contributed by atoms with Crippen LogP contribution in [0.1, 0.15) is 30.7 Å². The van der Waals surface area contributed by atoms with Gasteiger partial charge in [-0.3, -0.25) is 14.7 Å². The normalized spacial score (nSPS) is 19.1. The van der Waals surface area contributed by atoms with E-state index in [2.05, 4.69) is 4.98 Å². The molecule has 2 aliphatic rings. The van der Waals surface area contributed by atoms with Gasteiger partial charge in [-0.05, 0) is 48.7 Å². The monoisotopic (exact) mass is 454 g/mol. The summed E-state index contributed by atoms with van der Waals surface area (Å²) in [6.07, 6.45) is 4.74. The molecule has 0 unspecified atom stereocenters. The Kier molecular flexibility index (Phi) is 5.57. The second-order valence-electron chi connectivity index (χ2n) is 7.52. The van der Waals surface area contributed by atoms with Crippen molar-refractivity contribution in [2.75, 3.05) is 12.0 Å². The van der Waals surface area contributed by atoms with Crippen molar-refractivity contribution < 1.29 is 22.7 Å². The fraction of sp³-hybridized carbons (Fsp3) is 0.227. The van der Waals surface area contributed by atoms with Gasteiger partial charge in [0.2, 0.25) is 10.0 Å². The van der Waals surface area contributed by atoms with E-state index in [0.29, 0.717) is 41.8 Å². The van der Waals surface area contributed by atoms with Gasteiger partial charge in [0.25, 0.3) is 0 Å². The van der Waals surface area contributed by atoms with Gasteiger partial charge in [-0.1, -0.05) is 6.07 Å². The summed E-state index contributed by atoms with van der Waals surface area (Å²) in [6, 6.07) is 9.30. The van der Waals surface area contributed by atoms with Crippen molar-refractivity contribution in [3.63, 3.8) is 0 Å². The van der Waals surface area contributed by atoms with E-state index in [-0.39, 0.29) is 22.1 Å². The van der Waals surface area contributed by atoms with Crippen LogP contribution in [0.5, 0.6) is 0 Å². The molecule has 166 valence electrons. The summed E-state index contributed by atoms with van der Waals surface area (Å²) >= 11 is 0. The summed E-state index contributed by atoms with van der Waals surface area (Å²) in [5, 5.41) is 5.20. The molecule has 0 amide bonds. The molecule has 2 aromatic rings. The van der Waals surface area contributed by atoms with E-state index in [1.54, 1.807) is 29.4 Å². The van der Waals surface area contributed by atoms with Crippen LogP contribution in [0.4, 0.5) is 5.69 Å². The second kappa shape index (κ2) is 8.21. The summed E-state index contributed by atoms with van der Waals surface area (Å²) in [5.74, 6) is -1.34. The molecule has 1 aliphatic carbocycles. The number of esters is 1. The Balaban J connectivity index is 1.96. The summed E-state index contributed by atoms with van der Waals surface area (Å²) < 4.78 is 28.3. The van der Waals surface area contributed by atoms with Crippen LogP contribution >= 0.6 is 0 Å². The molecule has 0 saturated carbocycles. The molecule has 0 bridgehead atoms. The Morgan fingerprint density at radius 3 is 2.50 bits per heavy atom. The zero-order chi connectivity index (χ0) is 23.0. The topological polar surface area (TPSA) is 146 Å². The fourth-order valence-electron chi connectivity index (χ4n) is 4.26. The van der Waals surface area contributed by atoms with Crippen molar-refractivity contribution >= 4 is 27.5 Å². The van der Waals surface area contributed by atoms with Crippen molar-refractivity contribution in [2.24, 2.45) is 10.9 Å². The average Bonchev–Trinajstić information content (AvgIpc) is 2.78. The number of Topliss-reactive ketones (excluding diaryl/α,β-unsaturated/α-hetero) is 1. The maximum absolute atomic E-state index is 13.1. The summed E-state index contributed by atoms with van der Waals surface area (Å²) in [5.41, 5.74) is 8.96. The van der Waals surface area contributed by atoms with Crippen LogP contribution in [0.15, 0.2) is 76.4 Å². The lowest BCUT2D eigenvalue weighted by Crippen LogP contribution is -2.41. The number of nitrogens with zero attached hydrogens (tertiary/aromatic N) is 2. The number of carbonyl (C=O) groups excluding carboxylic acids is 2. The number of ketones is 1. The van der Waals surface area contributed by atoms with Crippen molar-refractivity contribution in [1.82, 2.24) is 4.98 Å². The largest absolute Gasteiger partial charge is 0.466 e. The number of ether oxygens (including phenoxy) is 1. The number of hydrogen-bond acceptors (Lipinski definition) is 8. The highest BCUT2D eigenvalue weighted by atomic mass is 32.2. The van der Waals surface area contributed by atoms with E-state index in [9.17, 15) is 18.0 Å². The lowest BCUT2D eigenvalue weighted by Gasteiger charge is -2.40. The third kappa shape index (κ3) is 3.67. The number of nitrogens with two attached hydrogens (primary N) is 2. The first-order valence-corrected chi connectivity index (χ1v) is 11.5. The molecule has 10 heteroatoms. The van der Waals surface area contributed by atoms with Crippen molar-refractivity contribution in [3.8, 4) is 0 Å². The van der Waals surface area contributed by atoms with Crippen molar-refractivity contribution in [1.29, 1.82) is 0 Å². The SMILES string of the molecule is COC(=O)C1=C(N)N(c2ccc(S(N)(=O)=O)cc2)C2=C(C(=O)CCC2)[C@H]1c1cccnc1. The number of methoxy groups -OCH3 is 1. The minimum atomic E-state index is -3.88. The maximum Gasteiger partial charge on any atom is 0.338 e. The van der Waals surface area contributed by atoms with Crippen LogP contribution < -0.4 is 15.8 Å². The molecule has 0 spiro atoms. The van der Waals surface area contributed by atoms with Crippen LogP contribution in [0.2, 0.25) is 0 Å². The predicted octanol–water partition coefficient (Wildman–Crippen LogP) is 1.68. The first kappa shape index (κ1) is 21.7. The van der Waals surface area contributed by atoms with Gasteiger partial charge in [-0.2, -0.15) is 0 Å². The molecule has 1 aromatic heterocycles. The number of benzene rings is 1. The number of anilines is 1. The number of carbonyl (C=O) groups is 2. The van der Waals surface area contributed by atoms with Crippen molar-refractivity contribution in [2.45, 2.75) is 30.1 Å². The molecule has 1 atom stereocenters. The molecule has 0 saturated heterocycles. The molecule has 9 nitrogen and oxygen atoms in total. The number of sulfonamides is 1. The van der Waals surface area contributed by atoms with Crippen LogP contribution in [0.3, 0.4) is 0 Å². The van der Waals surface area contributed by atoms with Crippen LogP contribution in [0, 0.1) is 0 Å². The highest BCUT2D eigenvalue weighted by molar-refractivity contribution is 7.89.